The smallest absolute Gasteiger partial charge is 0.214 e. The summed E-state index contributed by atoms with van der Waals surface area (Å²) in [7, 11) is 1.50. The lowest BCUT2D eigenvalue weighted by Gasteiger charge is -2.07. The first kappa shape index (κ1) is 13.9. The third-order valence-electron chi connectivity index (χ3n) is 2.72. The van der Waals surface area contributed by atoms with Gasteiger partial charge < -0.3 is 4.74 Å². The topological polar surface area (TPSA) is 44.1 Å². The number of aromatic nitrogens is 2. The summed E-state index contributed by atoms with van der Waals surface area (Å²) in [5, 5.41) is 4.86. The van der Waals surface area contributed by atoms with Gasteiger partial charge in [-0.2, -0.15) is 5.10 Å². The molecule has 1 aromatic carbocycles. The second kappa shape index (κ2) is 5.63. The SMILES string of the molecule is CCn1ncc(OC)c1C(=O)c1ccc(Cl)c(Cl)c1. The molecule has 19 heavy (non-hydrogen) atoms. The minimum absolute atomic E-state index is 0.199. The minimum Gasteiger partial charge on any atom is -0.493 e. The molecule has 0 N–H and O–H groups in total. The molecule has 0 aliphatic rings. The zero-order chi connectivity index (χ0) is 14.0. The van der Waals surface area contributed by atoms with Gasteiger partial charge in [0.05, 0.1) is 23.4 Å². The molecule has 1 aromatic heterocycles. The van der Waals surface area contributed by atoms with Gasteiger partial charge >= 0.3 is 0 Å². The molecule has 0 amide bonds. The first-order valence-corrected chi connectivity index (χ1v) is 6.43. The largest absolute Gasteiger partial charge is 0.493 e. The van der Waals surface area contributed by atoms with Crippen LogP contribution in [0.15, 0.2) is 24.4 Å². The van der Waals surface area contributed by atoms with Crippen molar-refractivity contribution < 1.29 is 9.53 Å². The molecule has 1 heterocycles. The summed E-state index contributed by atoms with van der Waals surface area (Å²) in [4.78, 5) is 12.5. The van der Waals surface area contributed by atoms with E-state index in [1.165, 1.54) is 13.3 Å². The number of carbonyl (C=O) groups excluding carboxylic acids is 1. The maximum Gasteiger partial charge on any atom is 0.214 e. The number of ketones is 1. The zero-order valence-electron chi connectivity index (χ0n) is 10.5. The van der Waals surface area contributed by atoms with Gasteiger partial charge in [-0.3, -0.25) is 9.48 Å². The molecular weight excluding hydrogens is 287 g/mol. The predicted molar refractivity (Wildman–Crippen MR) is 74.3 cm³/mol. The summed E-state index contributed by atoms with van der Waals surface area (Å²) in [5.41, 5.74) is 0.853. The average molecular weight is 299 g/mol. The van der Waals surface area contributed by atoms with Gasteiger partial charge in [-0.1, -0.05) is 23.2 Å². The van der Waals surface area contributed by atoms with E-state index in [1.54, 1.807) is 22.9 Å². The molecule has 0 spiro atoms. The summed E-state index contributed by atoms with van der Waals surface area (Å²) in [5.74, 6) is 0.243. The van der Waals surface area contributed by atoms with Crippen LogP contribution >= 0.6 is 23.2 Å². The number of aryl methyl sites for hydroxylation is 1. The maximum atomic E-state index is 12.5. The van der Waals surface area contributed by atoms with Crippen LogP contribution in [0.4, 0.5) is 0 Å². The van der Waals surface area contributed by atoms with Gasteiger partial charge in [0.2, 0.25) is 5.78 Å². The second-order valence-electron chi connectivity index (χ2n) is 3.84. The standard InChI is InChI=1S/C13H12Cl2N2O2/c1-3-17-12(11(19-2)7-16-17)13(18)8-4-5-9(14)10(15)6-8/h4-7H,3H2,1-2H3. The molecule has 2 aromatic rings. The first-order valence-electron chi connectivity index (χ1n) is 5.68. The second-order valence-corrected chi connectivity index (χ2v) is 4.65. The van der Waals surface area contributed by atoms with Crippen LogP contribution in [0.25, 0.3) is 0 Å². The van der Waals surface area contributed by atoms with Crippen LogP contribution in [-0.2, 0) is 6.54 Å². The number of carbonyl (C=O) groups is 1. The monoisotopic (exact) mass is 298 g/mol. The Kier molecular flexibility index (Phi) is 4.12. The van der Waals surface area contributed by atoms with E-state index in [4.69, 9.17) is 27.9 Å². The van der Waals surface area contributed by atoms with Crippen molar-refractivity contribution in [3.63, 3.8) is 0 Å². The third kappa shape index (κ3) is 2.60. The Morgan fingerprint density at radius 3 is 2.68 bits per heavy atom. The average Bonchev–Trinajstić information content (AvgIpc) is 2.83. The van der Waals surface area contributed by atoms with Crippen molar-refractivity contribution in [1.82, 2.24) is 9.78 Å². The molecule has 6 heteroatoms. The fourth-order valence-electron chi connectivity index (χ4n) is 1.76. The maximum absolute atomic E-state index is 12.5. The van der Waals surface area contributed by atoms with Crippen molar-refractivity contribution in [3.05, 3.63) is 45.7 Å². The highest BCUT2D eigenvalue weighted by molar-refractivity contribution is 6.42. The molecule has 0 fully saturated rings. The number of hydrogen-bond donors (Lipinski definition) is 0. The lowest BCUT2D eigenvalue weighted by atomic mass is 10.1. The van der Waals surface area contributed by atoms with Crippen LogP contribution < -0.4 is 4.74 Å². The molecule has 4 nitrogen and oxygen atoms in total. The van der Waals surface area contributed by atoms with Gasteiger partial charge in [0.1, 0.15) is 0 Å². The van der Waals surface area contributed by atoms with Crippen molar-refractivity contribution in [2.24, 2.45) is 0 Å². The van der Waals surface area contributed by atoms with Crippen LogP contribution in [0.2, 0.25) is 10.0 Å². The number of methoxy groups -OCH3 is 1. The van der Waals surface area contributed by atoms with E-state index in [2.05, 4.69) is 5.10 Å². The molecule has 0 aliphatic carbocycles. The van der Waals surface area contributed by atoms with Crippen LogP contribution in [0.5, 0.6) is 5.75 Å². The van der Waals surface area contributed by atoms with E-state index in [9.17, 15) is 4.79 Å². The molecule has 0 atom stereocenters. The van der Waals surface area contributed by atoms with Gasteiger partial charge in [-0.05, 0) is 25.1 Å². The lowest BCUT2D eigenvalue weighted by Crippen LogP contribution is -2.11. The molecular formula is C13H12Cl2N2O2. The molecule has 0 bridgehead atoms. The van der Waals surface area contributed by atoms with Crippen LogP contribution in [-0.4, -0.2) is 22.7 Å². The predicted octanol–water partition coefficient (Wildman–Crippen LogP) is 3.45. The van der Waals surface area contributed by atoms with E-state index in [0.29, 0.717) is 33.6 Å². The van der Waals surface area contributed by atoms with Crippen molar-refractivity contribution in [1.29, 1.82) is 0 Å². The Labute approximate surface area is 120 Å². The van der Waals surface area contributed by atoms with Crippen molar-refractivity contribution in [2.75, 3.05) is 7.11 Å². The molecule has 0 saturated carbocycles. The normalized spacial score (nSPS) is 10.5. The molecule has 2 rings (SSSR count). The number of benzene rings is 1. The fourth-order valence-corrected chi connectivity index (χ4v) is 2.06. The van der Waals surface area contributed by atoms with E-state index in [1.807, 2.05) is 6.92 Å². The Bertz CT molecular complexity index is 602. The third-order valence-corrected chi connectivity index (χ3v) is 3.46. The van der Waals surface area contributed by atoms with E-state index >= 15 is 0 Å². The van der Waals surface area contributed by atoms with Crippen LogP contribution in [0.3, 0.4) is 0 Å². The first-order chi connectivity index (χ1) is 9.08. The summed E-state index contributed by atoms with van der Waals surface area (Å²) < 4.78 is 6.75. The Morgan fingerprint density at radius 1 is 1.37 bits per heavy atom. The minimum atomic E-state index is -0.199. The fraction of sp³-hybridized carbons (Fsp3) is 0.231. The Hall–Kier alpha value is -1.52. The van der Waals surface area contributed by atoms with Gasteiger partial charge in [-0.15, -0.1) is 0 Å². The van der Waals surface area contributed by atoms with Crippen LogP contribution in [0.1, 0.15) is 23.0 Å². The van der Waals surface area contributed by atoms with Crippen LogP contribution in [0, 0.1) is 0 Å². The van der Waals surface area contributed by atoms with E-state index in [0.717, 1.165) is 0 Å². The number of ether oxygens (including phenoxy) is 1. The van der Waals surface area contributed by atoms with Gasteiger partial charge in [0, 0.05) is 12.1 Å². The van der Waals surface area contributed by atoms with Gasteiger partial charge in [-0.25, -0.2) is 0 Å². The number of halogens is 2. The molecule has 0 aliphatic heterocycles. The highest BCUT2D eigenvalue weighted by Crippen LogP contribution is 2.26. The summed E-state index contributed by atoms with van der Waals surface area (Å²) in [6.45, 7) is 2.48. The highest BCUT2D eigenvalue weighted by Gasteiger charge is 2.20. The quantitative estimate of drug-likeness (QED) is 0.812. The Morgan fingerprint density at radius 2 is 2.11 bits per heavy atom. The Balaban J connectivity index is 2.49. The van der Waals surface area contributed by atoms with Crippen molar-refractivity contribution in [2.45, 2.75) is 13.5 Å². The summed E-state index contributed by atoms with van der Waals surface area (Å²) in [6, 6.07) is 4.76. The lowest BCUT2D eigenvalue weighted by molar-refractivity contribution is 0.102. The summed E-state index contributed by atoms with van der Waals surface area (Å²) >= 11 is 11.8. The number of rotatable bonds is 4. The van der Waals surface area contributed by atoms with E-state index < -0.39 is 0 Å². The summed E-state index contributed by atoms with van der Waals surface area (Å²) in [6.07, 6.45) is 1.52. The molecule has 0 saturated heterocycles. The number of hydrogen-bond acceptors (Lipinski definition) is 3. The zero-order valence-corrected chi connectivity index (χ0v) is 12.0. The van der Waals surface area contributed by atoms with Crippen molar-refractivity contribution >= 4 is 29.0 Å². The molecule has 100 valence electrons. The number of nitrogens with zero attached hydrogens (tertiary/aromatic N) is 2. The molecule has 0 unspecified atom stereocenters. The highest BCUT2D eigenvalue weighted by atomic mass is 35.5. The van der Waals surface area contributed by atoms with Gasteiger partial charge in [0.25, 0.3) is 0 Å². The van der Waals surface area contributed by atoms with Gasteiger partial charge in [0.15, 0.2) is 11.4 Å². The molecule has 0 radical (unpaired) electrons. The van der Waals surface area contributed by atoms with Crippen molar-refractivity contribution in [3.8, 4) is 5.75 Å². The van der Waals surface area contributed by atoms with E-state index in [-0.39, 0.29) is 5.78 Å².